The molecule has 170 valence electrons. The lowest BCUT2D eigenvalue weighted by atomic mass is 10.2. The highest BCUT2D eigenvalue weighted by Gasteiger charge is 2.25. The minimum atomic E-state index is -0.704. The van der Waals surface area contributed by atoms with Crippen LogP contribution >= 0.6 is 11.3 Å². The van der Waals surface area contributed by atoms with Crippen LogP contribution in [-0.4, -0.2) is 34.1 Å². The second-order valence-electron chi connectivity index (χ2n) is 7.25. The molecule has 3 rings (SSSR count). The topological polar surface area (TPSA) is 123 Å². The first kappa shape index (κ1) is 23.3. The Bertz CT molecular complexity index is 1230. The summed E-state index contributed by atoms with van der Waals surface area (Å²) in [4.78, 5) is 46.3. The van der Waals surface area contributed by atoms with E-state index in [2.05, 4.69) is 9.97 Å². The highest BCUT2D eigenvalue weighted by Crippen LogP contribution is 2.31. The first-order valence-electron chi connectivity index (χ1n) is 10.4. The van der Waals surface area contributed by atoms with E-state index in [9.17, 15) is 14.4 Å². The summed E-state index contributed by atoms with van der Waals surface area (Å²) >= 11 is 1.23. The molecular formula is C22H27N5O4S. The number of aryl methyl sites for hydroxylation is 1. The van der Waals surface area contributed by atoms with Crippen molar-refractivity contribution >= 4 is 28.7 Å². The molecular weight excluding hydrogens is 430 g/mol. The third-order valence-corrected chi connectivity index (χ3v) is 6.19. The first-order chi connectivity index (χ1) is 15.3. The molecule has 9 nitrogen and oxygen atoms in total. The second kappa shape index (κ2) is 9.82. The van der Waals surface area contributed by atoms with Gasteiger partial charge >= 0.3 is 5.69 Å². The second-order valence-corrected chi connectivity index (χ2v) is 8.25. The Balaban J connectivity index is 1.95. The van der Waals surface area contributed by atoms with E-state index in [1.165, 1.54) is 27.9 Å². The third kappa shape index (κ3) is 4.59. The van der Waals surface area contributed by atoms with Crippen LogP contribution in [0.25, 0.3) is 10.6 Å². The van der Waals surface area contributed by atoms with E-state index in [0.717, 1.165) is 17.7 Å². The number of aromatic nitrogens is 3. The average Bonchev–Trinajstić information content (AvgIpc) is 3.15. The van der Waals surface area contributed by atoms with Crippen LogP contribution in [-0.2, 0) is 6.54 Å². The molecule has 1 amide bonds. The Labute approximate surface area is 189 Å². The predicted molar refractivity (Wildman–Crippen MR) is 127 cm³/mol. The summed E-state index contributed by atoms with van der Waals surface area (Å²) in [5, 5.41) is 0.678. The van der Waals surface area contributed by atoms with Gasteiger partial charge in [0.1, 0.15) is 21.5 Å². The molecule has 0 aliphatic rings. The number of ether oxygens (including phenoxy) is 1. The SMILES string of the molecule is CCCCn1c(N)c(N(C)C(=O)c2sc(-c3ccc(OCC)cc3)nc2C)c(=O)[nH]c1=O. The predicted octanol–water partition coefficient (Wildman–Crippen LogP) is 3.03. The van der Waals surface area contributed by atoms with Crippen molar-refractivity contribution in [1.29, 1.82) is 0 Å². The number of nitrogens with one attached hydrogen (secondary N) is 1. The van der Waals surface area contributed by atoms with E-state index in [0.29, 0.717) is 35.2 Å². The summed E-state index contributed by atoms with van der Waals surface area (Å²) in [7, 11) is 1.47. The lowest BCUT2D eigenvalue weighted by molar-refractivity contribution is 0.0995. The number of nitrogens with two attached hydrogens (primary N) is 1. The van der Waals surface area contributed by atoms with E-state index >= 15 is 0 Å². The van der Waals surface area contributed by atoms with Crippen LogP contribution in [0.3, 0.4) is 0 Å². The van der Waals surface area contributed by atoms with Gasteiger partial charge in [-0.1, -0.05) is 13.3 Å². The van der Waals surface area contributed by atoms with Gasteiger partial charge in [-0.25, -0.2) is 9.78 Å². The molecule has 0 saturated carbocycles. The van der Waals surface area contributed by atoms with Crippen LogP contribution in [0.4, 0.5) is 11.5 Å². The lowest BCUT2D eigenvalue weighted by Crippen LogP contribution is -2.39. The van der Waals surface area contributed by atoms with E-state index in [-0.39, 0.29) is 11.5 Å². The number of hydrogen-bond acceptors (Lipinski definition) is 7. The molecule has 32 heavy (non-hydrogen) atoms. The number of hydrogen-bond donors (Lipinski definition) is 2. The molecule has 0 unspecified atom stereocenters. The van der Waals surface area contributed by atoms with Gasteiger partial charge in [0.05, 0.1) is 12.3 Å². The van der Waals surface area contributed by atoms with Gasteiger partial charge in [0.25, 0.3) is 11.5 Å². The first-order valence-corrected chi connectivity index (χ1v) is 11.2. The van der Waals surface area contributed by atoms with Crippen molar-refractivity contribution in [2.24, 2.45) is 0 Å². The molecule has 0 spiro atoms. The molecule has 0 radical (unpaired) electrons. The quantitative estimate of drug-likeness (QED) is 0.536. The Morgan fingerprint density at radius 3 is 2.56 bits per heavy atom. The summed E-state index contributed by atoms with van der Waals surface area (Å²) in [6.45, 7) is 6.58. The molecule has 3 N–H and O–H groups in total. The molecule has 0 aliphatic carbocycles. The standard InChI is InChI=1S/C22H27N5O4S/c1-5-7-12-27-18(23)16(19(28)25-22(27)30)26(4)21(29)17-13(3)24-20(32-17)14-8-10-15(11-9-14)31-6-2/h8-11H,5-7,12,23H2,1-4H3,(H,25,28,30). The summed E-state index contributed by atoms with van der Waals surface area (Å²) in [6, 6.07) is 7.47. The molecule has 2 aromatic heterocycles. The Hall–Kier alpha value is -3.40. The van der Waals surface area contributed by atoms with Gasteiger partial charge in [-0.05, 0) is 44.5 Å². The van der Waals surface area contributed by atoms with Crippen LogP contribution in [0.5, 0.6) is 5.75 Å². The number of carbonyl (C=O) groups excluding carboxylic acids is 1. The zero-order valence-electron chi connectivity index (χ0n) is 18.6. The van der Waals surface area contributed by atoms with Crippen molar-refractivity contribution in [3.8, 4) is 16.3 Å². The van der Waals surface area contributed by atoms with E-state index < -0.39 is 17.2 Å². The summed E-state index contributed by atoms with van der Waals surface area (Å²) in [5.74, 6) is 0.306. The van der Waals surface area contributed by atoms with Crippen molar-refractivity contribution in [3.63, 3.8) is 0 Å². The molecule has 0 bridgehead atoms. The molecule has 10 heteroatoms. The molecule has 2 heterocycles. The third-order valence-electron chi connectivity index (χ3n) is 4.99. The molecule has 3 aromatic rings. The zero-order chi connectivity index (χ0) is 23.4. The van der Waals surface area contributed by atoms with Crippen LogP contribution in [0.2, 0.25) is 0 Å². The van der Waals surface area contributed by atoms with Crippen molar-refractivity contribution < 1.29 is 9.53 Å². The fourth-order valence-corrected chi connectivity index (χ4v) is 4.32. The van der Waals surface area contributed by atoms with Crippen LogP contribution in [0, 0.1) is 6.92 Å². The van der Waals surface area contributed by atoms with E-state index in [1.54, 1.807) is 6.92 Å². The van der Waals surface area contributed by atoms with Crippen molar-refractivity contribution in [2.75, 3.05) is 24.3 Å². The number of anilines is 2. The Morgan fingerprint density at radius 1 is 1.25 bits per heavy atom. The molecule has 0 aliphatic heterocycles. The van der Waals surface area contributed by atoms with E-state index in [4.69, 9.17) is 10.5 Å². The number of carbonyl (C=O) groups is 1. The fourth-order valence-electron chi connectivity index (χ4n) is 3.27. The number of aromatic amines is 1. The lowest BCUT2D eigenvalue weighted by Gasteiger charge is -2.20. The van der Waals surface area contributed by atoms with Crippen LogP contribution in [0.1, 0.15) is 42.1 Å². The van der Waals surface area contributed by atoms with Gasteiger partial charge in [0.15, 0.2) is 5.69 Å². The van der Waals surface area contributed by atoms with Crippen molar-refractivity contribution in [1.82, 2.24) is 14.5 Å². The van der Waals surface area contributed by atoms with Crippen molar-refractivity contribution in [3.05, 3.63) is 55.7 Å². The maximum Gasteiger partial charge on any atom is 0.330 e. The molecule has 0 atom stereocenters. The molecule has 0 saturated heterocycles. The minimum Gasteiger partial charge on any atom is -0.494 e. The van der Waals surface area contributed by atoms with Gasteiger partial charge < -0.3 is 15.4 Å². The average molecular weight is 458 g/mol. The van der Waals surface area contributed by atoms with Crippen LogP contribution < -0.4 is 26.6 Å². The fraction of sp³-hybridized carbons (Fsp3) is 0.364. The van der Waals surface area contributed by atoms with Crippen LogP contribution in [0.15, 0.2) is 33.9 Å². The largest absolute Gasteiger partial charge is 0.494 e. The van der Waals surface area contributed by atoms with Gasteiger partial charge in [0, 0.05) is 19.2 Å². The van der Waals surface area contributed by atoms with Gasteiger partial charge in [0.2, 0.25) is 0 Å². The highest BCUT2D eigenvalue weighted by atomic mass is 32.1. The Morgan fingerprint density at radius 2 is 1.94 bits per heavy atom. The molecule has 1 aromatic carbocycles. The smallest absolute Gasteiger partial charge is 0.330 e. The number of amides is 1. The maximum atomic E-state index is 13.2. The minimum absolute atomic E-state index is 0.0306. The van der Waals surface area contributed by atoms with Gasteiger partial charge in [-0.3, -0.25) is 19.1 Å². The van der Waals surface area contributed by atoms with Gasteiger partial charge in [-0.2, -0.15) is 0 Å². The number of H-pyrrole nitrogens is 1. The molecule has 0 fully saturated rings. The Kier molecular flexibility index (Phi) is 7.14. The maximum absolute atomic E-state index is 13.2. The van der Waals surface area contributed by atoms with Crippen molar-refractivity contribution in [2.45, 2.75) is 40.2 Å². The number of nitrogens with zero attached hydrogens (tertiary/aromatic N) is 3. The number of unbranched alkanes of at least 4 members (excludes halogenated alkanes) is 1. The summed E-state index contributed by atoms with van der Waals surface area (Å²) in [5.41, 5.74) is 6.20. The summed E-state index contributed by atoms with van der Waals surface area (Å²) in [6.07, 6.45) is 1.57. The highest BCUT2D eigenvalue weighted by molar-refractivity contribution is 7.17. The normalized spacial score (nSPS) is 10.9. The van der Waals surface area contributed by atoms with E-state index in [1.807, 2.05) is 38.1 Å². The van der Waals surface area contributed by atoms with Gasteiger partial charge in [-0.15, -0.1) is 11.3 Å². The summed E-state index contributed by atoms with van der Waals surface area (Å²) < 4.78 is 6.75. The number of nitrogen functional groups attached to an aromatic ring is 1. The number of rotatable bonds is 8. The zero-order valence-corrected chi connectivity index (χ0v) is 19.4. The monoisotopic (exact) mass is 457 g/mol. The number of thiazole rings is 1. The number of benzene rings is 1.